The summed E-state index contributed by atoms with van der Waals surface area (Å²) in [5.41, 5.74) is -0.648. The summed E-state index contributed by atoms with van der Waals surface area (Å²) in [6.07, 6.45) is 0.472. The topological polar surface area (TPSA) is 63.2 Å². The van der Waals surface area contributed by atoms with E-state index in [9.17, 15) is 13.2 Å². The highest BCUT2D eigenvalue weighted by atomic mass is 35.5. The highest BCUT2D eigenvalue weighted by Gasteiger charge is 2.40. The maximum atomic E-state index is 12.2. The van der Waals surface area contributed by atoms with E-state index < -0.39 is 15.4 Å². The van der Waals surface area contributed by atoms with Crippen LogP contribution in [0.3, 0.4) is 0 Å². The predicted molar refractivity (Wildman–Crippen MR) is 86.6 cm³/mol. The van der Waals surface area contributed by atoms with Gasteiger partial charge in [-0.05, 0) is 44.5 Å². The molecule has 7 heteroatoms. The van der Waals surface area contributed by atoms with E-state index in [0.29, 0.717) is 11.4 Å². The Morgan fingerprint density at radius 1 is 1.38 bits per heavy atom. The normalized spacial score (nSPS) is 25.5. The minimum absolute atomic E-state index is 0.0179. The lowest BCUT2D eigenvalue weighted by Gasteiger charge is -2.25. The third-order valence-corrected chi connectivity index (χ3v) is 6.69. The minimum Gasteiger partial charge on any atom is -0.349 e. The van der Waals surface area contributed by atoms with Gasteiger partial charge in [-0.3, -0.25) is 4.79 Å². The summed E-state index contributed by atoms with van der Waals surface area (Å²) in [6.45, 7) is 3.59. The average Bonchev–Trinajstić information content (AvgIpc) is 2.66. The van der Waals surface area contributed by atoms with Crippen LogP contribution in [-0.2, 0) is 14.6 Å². The Hall–Kier alpha value is -0.720. The van der Waals surface area contributed by atoms with Gasteiger partial charge in [-0.1, -0.05) is 11.6 Å². The second-order valence-corrected chi connectivity index (χ2v) is 9.64. The SMILES string of the molecule is CC(Sc1ccc(Cl)cc1)C(=O)NC1(C)CCS(=O)(=O)C1. The van der Waals surface area contributed by atoms with Crippen molar-refractivity contribution in [2.45, 2.75) is 36.0 Å². The van der Waals surface area contributed by atoms with E-state index in [-0.39, 0.29) is 22.7 Å². The smallest absolute Gasteiger partial charge is 0.233 e. The molecular formula is C14H18ClNO3S2. The number of hydrogen-bond acceptors (Lipinski definition) is 4. The zero-order valence-electron chi connectivity index (χ0n) is 11.9. The number of nitrogens with one attached hydrogen (secondary N) is 1. The van der Waals surface area contributed by atoms with Crippen molar-refractivity contribution < 1.29 is 13.2 Å². The molecule has 0 saturated carbocycles. The highest BCUT2D eigenvalue weighted by Crippen LogP contribution is 2.27. The fourth-order valence-electron chi connectivity index (χ4n) is 2.28. The molecule has 2 rings (SSSR count). The first-order valence-electron chi connectivity index (χ1n) is 6.64. The Morgan fingerprint density at radius 2 is 2.00 bits per heavy atom. The third-order valence-electron chi connectivity index (χ3n) is 3.42. The Balaban J connectivity index is 1.95. The third kappa shape index (κ3) is 4.63. The van der Waals surface area contributed by atoms with Gasteiger partial charge in [-0.2, -0.15) is 0 Å². The first kappa shape index (κ1) is 16.6. The Kier molecular flexibility index (Phi) is 4.90. The molecule has 1 saturated heterocycles. The molecule has 1 fully saturated rings. The van der Waals surface area contributed by atoms with Crippen molar-refractivity contribution in [3.8, 4) is 0 Å². The number of amides is 1. The van der Waals surface area contributed by atoms with Crippen molar-refractivity contribution >= 4 is 39.1 Å². The van der Waals surface area contributed by atoms with Crippen LogP contribution in [0.4, 0.5) is 0 Å². The molecule has 4 nitrogen and oxygen atoms in total. The summed E-state index contributed by atoms with van der Waals surface area (Å²) >= 11 is 7.25. The molecular weight excluding hydrogens is 330 g/mol. The molecule has 1 aromatic carbocycles. The molecule has 1 aliphatic heterocycles. The maximum Gasteiger partial charge on any atom is 0.233 e. The molecule has 0 spiro atoms. The molecule has 2 atom stereocenters. The summed E-state index contributed by atoms with van der Waals surface area (Å²) in [4.78, 5) is 13.2. The Morgan fingerprint density at radius 3 is 2.52 bits per heavy atom. The van der Waals surface area contributed by atoms with Gasteiger partial charge in [0.1, 0.15) is 0 Å². The second-order valence-electron chi connectivity index (χ2n) is 5.61. The first-order chi connectivity index (χ1) is 9.69. The minimum atomic E-state index is -3.03. The van der Waals surface area contributed by atoms with Gasteiger partial charge in [0.15, 0.2) is 9.84 Å². The van der Waals surface area contributed by atoms with Crippen LogP contribution in [0, 0.1) is 0 Å². The van der Waals surface area contributed by atoms with Crippen molar-refractivity contribution in [3.05, 3.63) is 29.3 Å². The predicted octanol–water partition coefficient (Wildman–Crippen LogP) is 2.51. The number of sulfone groups is 1. The quantitative estimate of drug-likeness (QED) is 0.850. The van der Waals surface area contributed by atoms with Crippen molar-refractivity contribution in [1.29, 1.82) is 0 Å². The molecule has 1 heterocycles. The van der Waals surface area contributed by atoms with Gasteiger partial charge in [-0.15, -0.1) is 11.8 Å². The van der Waals surface area contributed by atoms with Crippen molar-refractivity contribution in [1.82, 2.24) is 5.32 Å². The molecule has 1 N–H and O–H groups in total. The molecule has 1 aromatic rings. The monoisotopic (exact) mass is 347 g/mol. The van der Waals surface area contributed by atoms with Crippen LogP contribution in [0.1, 0.15) is 20.3 Å². The van der Waals surface area contributed by atoms with Crippen LogP contribution >= 0.6 is 23.4 Å². The standard InChI is InChI=1S/C14H18ClNO3S2/c1-10(20-12-5-3-11(15)4-6-12)13(17)16-14(2)7-8-21(18,19)9-14/h3-6,10H,7-9H2,1-2H3,(H,16,17). The van der Waals surface area contributed by atoms with Gasteiger partial charge < -0.3 is 5.32 Å². The van der Waals surface area contributed by atoms with E-state index in [4.69, 9.17) is 11.6 Å². The van der Waals surface area contributed by atoms with Gasteiger partial charge in [0.2, 0.25) is 5.91 Å². The van der Waals surface area contributed by atoms with Crippen molar-refractivity contribution in [2.75, 3.05) is 11.5 Å². The number of hydrogen-bond donors (Lipinski definition) is 1. The van der Waals surface area contributed by atoms with Gasteiger partial charge in [0, 0.05) is 9.92 Å². The molecule has 0 aliphatic carbocycles. The van der Waals surface area contributed by atoms with Crippen molar-refractivity contribution in [3.63, 3.8) is 0 Å². The second kappa shape index (κ2) is 6.18. The number of benzene rings is 1. The maximum absolute atomic E-state index is 12.2. The van der Waals surface area contributed by atoms with Gasteiger partial charge >= 0.3 is 0 Å². The van der Waals surface area contributed by atoms with Crippen LogP contribution in [-0.4, -0.2) is 36.6 Å². The summed E-state index contributed by atoms with van der Waals surface area (Å²) < 4.78 is 23.1. The molecule has 116 valence electrons. The van der Waals surface area contributed by atoms with E-state index in [0.717, 1.165) is 4.90 Å². The molecule has 1 aliphatic rings. The van der Waals surface area contributed by atoms with E-state index in [1.54, 1.807) is 26.0 Å². The summed E-state index contributed by atoms with van der Waals surface area (Å²) in [6, 6.07) is 7.27. The number of carbonyl (C=O) groups is 1. The van der Waals surface area contributed by atoms with E-state index in [1.165, 1.54) is 11.8 Å². The largest absolute Gasteiger partial charge is 0.349 e. The first-order valence-corrected chi connectivity index (χ1v) is 9.72. The molecule has 2 unspecified atom stereocenters. The number of thioether (sulfide) groups is 1. The molecule has 0 bridgehead atoms. The lowest BCUT2D eigenvalue weighted by molar-refractivity contribution is -0.121. The molecule has 0 aromatic heterocycles. The molecule has 1 amide bonds. The summed E-state index contributed by atoms with van der Waals surface area (Å²) in [5, 5.41) is 3.23. The van der Waals surface area contributed by atoms with Crippen LogP contribution < -0.4 is 5.32 Å². The fourth-order valence-corrected chi connectivity index (χ4v) is 5.37. The van der Waals surface area contributed by atoms with Gasteiger partial charge in [-0.25, -0.2) is 8.42 Å². The van der Waals surface area contributed by atoms with Crippen LogP contribution in [0.15, 0.2) is 29.2 Å². The lowest BCUT2D eigenvalue weighted by Crippen LogP contribution is -2.49. The van der Waals surface area contributed by atoms with Crippen molar-refractivity contribution in [2.24, 2.45) is 0 Å². The fraction of sp³-hybridized carbons (Fsp3) is 0.500. The average molecular weight is 348 g/mol. The van der Waals surface area contributed by atoms with E-state index >= 15 is 0 Å². The summed E-state index contributed by atoms with van der Waals surface area (Å²) in [7, 11) is -3.03. The van der Waals surface area contributed by atoms with Crippen LogP contribution in [0.5, 0.6) is 0 Å². The van der Waals surface area contributed by atoms with Crippen LogP contribution in [0.2, 0.25) is 5.02 Å². The Bertz CT molecular complexity index is 630. The Labute approximate surface area is 134 Å². The number of rotatable bonds is 4. The van der Waals surface area contributed by atoms with Crippen LogP contribution in [0.25, 0.3) is 0 Å². The van der Waals surface area contributed by atoms with Gasteiger partial charge in [0.25, 0.3) is 0 Å². The summed E-state index contributed by atoms with van der Waals surface area (Å²) in [5.74, 6) is 0.0154. The van der Waals surface area contributed by atoms with E-state index in [2.05, 4.69) is 5.32 Å². The molecule has 0 radical (unpaired) electrons. The highest BCUT2D eigenvalue weighted by molar-refractivity contribution is 8.00. The number of carbonyl (C=O) groups excluding carboxylic acids is 1. The number of halogens is 1. The lowest BCUT2D eigenvalue weighted by atomic mass is 10.0. The zero-order chi connectivity index (χ0) is 15.7. The zero-order valence-corrected chi connectivity index (χ0v) is 14.3. The van der Waals surface area contributed by atoms with E-state index in [1.807, 2.05) is 12.1 Å². The van der Waals surface area contributed by atoms with Gasteiger partial charge in [0.05, 0.1) is 22.3 Å². The molecule has 21 heavy (non-hydrogen) atoms.